The number of amides is 1. The second-order valence-corrected chi connectivity index (χ2v) is 7.42. The lowest BCUT2D eigenvalue weighted by Crippen LogP contribution is -2.55. The highest BCUT2D eigenvalue weighted by Gasteiger charge is 2.30. The molecule has 7 nitrogen and oxygen atoms in total. The molecular weight excluding hydrogens is 376 g/mol. The normalized spacial score (nSPS) is 15.1. The molecule has 1 fully saturated rings. The van der Waals surface area contributed by atoms with E-state index in [1.165, 1.54) is 0 Å². The van der Waals surface area contributed by atoms with Crippen LogP contribution in [0.2, 0.25) is 0 Å². The van der Waals surface area contributed by atoms with Gasteiger partial charge in [-0.15, -0.1) is 0 Å². The number of carbonyl (C=O) groups excluding carboxylic acids is 1. The second kappa shape index (κ2) is 9.87. The van der Waals surface area contributed by atoms with E-state index in [1.54, 1.807) is 23.2 Å². The van der Waals surface area contributed by atoms with Crippen LogP contribution in [0.3, 0.4) is 0 Å². The van der Waals surface area contributed by atoms with Crippen LogP contribution < -0.4 is 9.80 Å². The molecule has 1 aliphatic rings. The molecule has 1 atom stereocenters. The van der Waals surface area contributed by atoms with E-state index in [9.17, 15) is 10.1 Å². The van der Waals surface area contributed by atoms with Gasteiger partial charge >= 0.3 is 0 Å². The van der Waals surface area contributed by atoms with Crippen molar-refractivity contribution in [2.75, 3.05) is 42.5 Å². The van der Waals surface area contributed by atoms with Crippen molar-refractivity contribution in [2.45, 2.75) is 26.3 Å². The van der Waals surface area contributed by atoms with Crippen molar-refractivity contribution in [3.63, 3.8) is 0 Å². The number of carbonyl (C=O) groups is 1. The van der Waals surface area contributed by atoms with Crippen LogP contribution in [-0.4, -0.2) is 54.6 Å². The topological polar surface area (TPSA) is 87.3 Å². The maximum atomic E-state index is 13.3. The van der Waals surface area contributed by atoms with Gasteiger partial charge in [0, 0.05) is 44.6 Å². The van der Waals surface area contributed by atoms with Gasteiger partial charge in [-0.05, 0) is 38.1 Å². The fourth-order valence-electron chi connectivity index (χ4n) is 3.69. The summed E-state index contributed by atoms with van der Waals surface area (Å²) in [5.41, 5.74) is 2.51. The Kier molecular flexibility index (Phi) is 7.00. The molecule has 0 radical (unpaired) electrons. The largest absolute Gasteiger partial charge is 0.353 e. The summed E-state index contributed by atoms with van der Waals surface area (Å²) < 4.78 is 0. The van der Waals surface area contributed by atoms with Crippen LogP contribution in [-0.2, 0) is 4.79 Å². The summed E-state index contributed by atoms with van der Waals surface area (Å²) in [5.74, 6) is 0.701. The van der Waals surface area contributed by atoms with Gasteiger partial charge in [0.25, 0.3) is 0 Å². The molecule has 0 N–H and O–H groups in total. The fourth-order valence-corrected chi connectivity index (χ4v) is 3.69. The van der Waals surface area contributed by atoms with Gasteiger partial charge < -0.3 is 9.80 Å². The molecule has 0 bridgehead atoms. The third kappa shape index (κ3) is 4.76. The van der Waals surface area contributed by atoms with Crippen molar-refractivity contribution in [1.29, 1.82) is 10.5 Å². The van der Waals surface area contributed by atoms with Gasteiger partial charge in [-0.2, -0.15) is 10.5 Å². The van der Waals surface area contributed by atoms with Gasteiger partial charge in [0.2, 0.25) is 5.91 Å². The van der Waals surface area contributed by atoms with Crippen LogP contribution in [0, 0.1) is 29.6 Å². The molecule has 1 aliphatic heterocycles. The third-order valence-electron chi connectivity index (χ3n) is 5.48. The molecule has 1 amide bonds. The summed E-state index contributed by atoms with van der Waals surface area (Å²) in [6.45, 7) is 7.11. The molecule has 2 aromatic rings. The summed E-state index contributed by atoms with van der Waals surface area (Å²) >= 11 is 0. The first kappa shape index (κ1) is 21.3. The van der Waals surface area contributed by atoms with E-state index in [2.05, 4.69) is 26.9 Å². The molecule has 1 saturated heterocycles. The Morgan fingerprint density at radius 1 is 1.17 bits per heavy atom. The standard InChI is InChI=1S/C23H26N6O/c1-18-6-8-21(9-7-18)29(12-4-10-24)23(30)19(2)27-13-15-28(16-14-27)22-20(17-25)5-3-11-26-22/h3,5-9,11,19H,4,12-16H2,1-2H3. The minimum Gasteiger partial charge on any atom is -0.353 e. The highest BCUT2D eigenvalue weighted by Crippen LogP contribution is 2.21. The lowest BCUT2D eigenvalue weighted by atomic mass is 10.1. The molecule has 7 heteroatoms. The van der Waals surface area contributed by atoms with Crippen molar-refractivity contribution in [2.24, 2.45) is 0 Å². The summed E-state index contributed by atoms with van der Waals surface area (Å²) in [6, 6.07) is 15.4. The van der Waals surface area contributed by atoms with Crippen molar-refractivity contribution >= 4 is 17.4 Å². The second-order valence-electron chi connectivity index (χ2n) is 7.42. The number of anilines is 2. The van der Waals surface area contributed by atoms with Crippen LogP contribution in [0.5, 0.6) is 0 Å². The third-order valence-corrected chi connectivity index (χ3v) is 5.48. The van der Waals surface area contributed by atoms with E-state index in [1.807, 2.05) is 38.1 Å². The molecule has 0 spiro atoms. The summed E-state index contributed by atoms with van der Waals surface area (Å²) in [4.78, 5) is 23.6. The fraction of sp³-hybridized carbons (Fsp3) is 0.391. The summed E-state index contributed by atoms with van der Waals surface area (Å²) in [5, 5.41) is 18.3. The van der Waals surface area contributed by atoms with Crippen molar-refractivity contribution in [1.82, 2.24) is 9.88 Å². The Morgan fingerprint density at radius 3 is 2.50 bits per heavy atom. The van der Waals surface area contributed by atoms with Crippen LogP contribution >= 0.6 is 0 Å². The van der Waals surface area contributed by atoms with E-state index >= 15 is 0 Å². The molecule has 30 heavy (non-hydrogen) atoms. The Labute approximate surface area is 177 Å². The molecule has 1 aromatic heterocycles. The average molecular weight is 403 g/mol. The first-order chi connectivity index (χ1) is 14.5. The lowest BCUT2D eigenvalue weighted by Gasteiger charge is -2.39. The molecular formula is C23H26N6O. The zero-order valence-electron chi connectivity index (χ0n) is 17.5. The predicted molar refractivity (Wildman–Crippen MR) is 116 cm³/mol. The Bertz CT molecular complexity index is 951. The van der Waals surface area contributed by atoms with Crippen molar-refractivity contribution in [3.05, 3.63) is 53.7 Å². The number of hydrogen-bond acceptors (Lipinski definition) is 6. The summed E-state index contributed by atoms with van der Waals surface area (Å²) in [6.07, 6.45) is 1.99. The van der Waals surface area contributed by atoms with Gasteiger partial charge in [-0.3, -0.25) is 9.69 Å². The monoisotopic (exact) mass is 402 g/mol. The predicted octanol–water partition coefficient (Wildman–Crippen LogP) is 2.72. The number of hydrogen-bond donors (Lipinski definition) is 0. The van der Waals surface area contributed by atoms with E-state index in [4.69, 9.17) is 5.26 Å². The van der Waals surface area contributed by atoms with Crippen LogP contribution in [0.25, 0.3) is 0 Å². The number of piperazine rings is 1. The number of rotatable bonds is 6. The zero-order valence-corrected chi connectivity index (χ0v) is 17.5. The molecule has 2 heterocycles. The summed E-state index contributed by atoms with van der Waals surface area (Å²) in [7, 11) is 0. The zero-order chi connectivity index (χ0) is 21.5. The van der Waals surface area contributed by atoms with Crippen molar-refractivity contribution < 1.29 is 4.79 Å². The number of nitrogens with zero attached hydrogens (tertiary/aromatic N) is 6. The van der Waals surface area contributed by atoms with Crippen LogP contribution in [0.1, 0.15) is 24.5 Å². The van der Waals surface area contributed by atoms with Gasteiger partial charge in [-0.25, -0.2) is 4.98 Å². The minimum atomic E-state index is -0.300. The smallest absolute Gasteiger partial charge is 0.244 e. The van der Waals surface area contributed by atoms with E-state index in [0.717, 1.165) is 11.3 Å². The number of benzene rings is 1. The number of aromatic nitrogens is 1. The van der Waals surface area contributed by atoms with Gasteiger partial charge in [0.15, 0.2) is 0 Å². The quantitative estimate of drug-likeness (QED) is 0.738. The van der Waals surface area contributed by atoms with E-state index < -0.39 is 0 Å². The van der Waals surface area contributed by atoms with Gasteiger partial charge in [0.1, 0.15) is 11.9 Å². The minimum absolute atomic E-state index is 0.00176. The molecule has 1 aromatic carbocycles. The average Bonchev–Trinajstić information content (AvgIpc) is 2.79. The van der Waals surface area contributed by atoms with E-state index in [-0.39, 0.29) is 18.4 Å². The maximum absolute atomic E-state index is 13.3. The highest BCUT2D eigenvalue weighted by molar-refractivity contribution is 5.97. The maximum Gasteiger partial charge on any atom is 0.244 e. The Morgan fingerprint density at radius 2 is 1.87 bits per heavy atom. The Hall–Kier alpha value is -3.42. The van der Waals surface area contributed by atoms with Gasteiger partial charge in [0.05, 0.1) is 24.1 Å². The number of pyridine rings is 1. The molecule has 154 valence electrons. The first-order valence-electron chi connectivity index (χ1n) is 10.1. The molecule has 3 rings (SSSR count). The number of nitriles is 2. The highest BCUT2D eigenvalue weighted by atomic mass is 16.2. The van der Waals surface area contributed by atoms with E-state index in [0.29, 0.717) is 44.1 Å². The Balaban J connectivity index is 1.68. The lowest BCUT2D eigenvalue weighted by molar-refractivity contribution is -0.123. The first-order valence-corrected chi connectivity index (χ1v) is 10.1. The molecule has 0 aliphatic carbocycles. The SMILES string of the molecule is Cc1ccc(N(CCC#N)C(=O)C(C)N2CCN(c3ncccc3C#N)CC2)cc1. The van der Waals surface area contributed by atoms with Crippen LogP contribution in [0.15, 0.2) is 42.6 Å². The van der Waals surface area contributed by atoms with Crippen molar-refractivity contribution in [3.8, 4) is 12.1 Å². The van der Waals surface area contributed by atoms with Crippen LogP contribution in [0.4, 0.5) is 11.5 Å². The molecule has 1 unspecified atom stereocenters. The van der Waals surface area contributed by atoms with Gasteiger partial charge in [-0.1, -0.05) is 17.7 Å². The number of aryl methyl sites for hydroxylation is 1. The molecule has 0 saturated carbocycles.